The van der Waals surface area contributed by atoms with E-state index in [9.17, 15) is 4.79 Å². The fraction of sp³-hybridized carbons (Fsp3) is 0.375. The Bertz CT molecular complexity index is 574. The van der Waals surface area contributed by atoms with Crippen molar-refractivity contribution in [3.63, 3.8) is 0 Å². The average molecular weight is 289 g/mol. The number of rotatable bonds is 7. The first-order valence-corrected chi connectivity index (χ1v) is 7.11. The van der Waals surface area contributed by atoms with Crippen LogP contribution in [0, 0.1) is 0 Å². The van der Waals surface area contributed by atoms with Gasteiger partial charge in [0.15, 0.2) is 11.5 Å². The van der Waals surface area contributed by atoms with Crippen LogP contribution in [0.1, 0.15) is 37.2 Å². The first kappa shape index (κ1) is 15.1. The minimum absolute atomic E-state index is 0.176. The maximum atomic E-state index is 11.5. The number of benzene rings is 1. The summed E-state index contributed by atoms with van der Waals surface area (Å²) in [7, 11) is 0. The second kappa shape index (κ2) is 7.47. The molecule has 1 aromatic carbocycles. The van der Waals surface area contributed by atoms with E-state index in [-0.39, 0.29) is 5.69 Å². The molecular formula is C16H19NO4. The first-order valence-electron chi connectivity index (χ1n) is 7.11. The summed E-state index contributed by atoms with van der Waals surface area (Å²) in [6, 6.07) is 9.06. The van der Waals surface area contributed by atoms with Gasteiger partial charge in [0, 0.05) is 11.6 Å². The van der Waals surface area contributed by atoms with Gasteiger partial charge in [-0.25, -0.2) is 4.79 Å². The highest BCUT2D eigenvalue weighted by Crippen LogP contribution is 2.23. The molecule has 0 aliphatic heterocycles. The molecule has 0 N–H and O–H groups in total. The first-order chi connectivity index (χ1) is 10.2. The van der Waals surface area contributed by atoms with Gasteiger partial charge in [0.05, 0.1) is 13.2 Å². The Hall–Kier alpha value is -2.30. The maximum absolute atomic E-state index is 11.5. The fourth-order valence-corrected chi connectivity index (χ4v) is 1.76. The van der Waals surface area contributed by atoms with Crippen LogP contribution in [0.25, 0.3) is 11.3 Å². The largest absolute Gasteiger partial charge is 0.494 e. The Kier molecular flexibility index (Phi) is 5.37. The summed E-state index contributed by atoms with van der Waals surface area (Å²) in [6.07, 6.45) is 2.14. The topological polar surface area (TPSA) is 61.6 Å². The summed E-state index contributed by atoms with van der Waals surface area (Å²) in [5, 5.41) is 3.71. The number of ether oxygens (including phenoxy) is 2. The molecule has 5 nitrogen and oxygen atoms in total. The summed E-state index contributed by atoms with van der Waals surface area (Å²) in [4.78, 5) is 11.5. The zero-order chi connectivity index (χ0) is 15.1. The number of hydrogen-bond acceptors (Lipinski definition) is 5. The quantitative estimate of drug-likeness (QED) is 0.574. The highest BCUT2D eigenvalue weighted by Gasteiger charge is 2.14. The average Bonchev–Trinajstić information content (AvgIpc) is 2.98. The van der Waals surface area contributed by atoms with Crippen molar-refractivity contribution in [2.24, 2.45) is 0 Å². The summed E-state index contributed by atoms with van der Waals surface area (Å²) in [5.41, 5.74) is 1.01. The molecule has 1 heterocycles. The summed E-state index contributed by atoms with van der Waals surface area (Å²) in [5.74, 6) is 0.863. The third-order valence-corrected chi connectivity index (χ3v) is 2.90. The molecule has 112 valence electrons. The van der Waals surface area contributed by atoms with Gasteiger partial charge in [0.2, 0.25) is 0 Å². The van der Waals surface area contributed by atoms with E-state index in [1.54, 1.807) is 13.0 Å². The van der Waals surface area contributed by atoms with Crippen LogP contribution in [-0.2, 0) is 4.74 Å². The van der Waals surface area contributed by atoms with E-state index in [4.69, 9.17) is 14.0 Å². The molecule has 0 aliphatic rings. The highest BCUT2D eigenvalue weighted by atomic mass is 16.5. The van der Waals surface area contributed by atoms with Crippen LogP contribution in [0.2, 0.25) is 0 Å². The normalized spacial score (nSPS) is 10.4. The Labute approximate surface area is 123 Å². The molecule has 0 bridgehead atoms. The molecule has 0 saturated heterocycles. The van der Waals surface area contributed by atoms with Crippen molar-refractivity contribution in [2.75, 3.05) is 13.2 Å². The SMILES string of the molecule is CCCCOc1ccc(-c2cc(C(=O)OCC)no2)cc1. The van der Waals surface area contributed by atoms with Crippen molar-refractivity contribution in [2.45, 2.75) is 26.7 Å². The molecule has 0 amide bonds. The Balaban J connectivity index is 2.03. The maximum Gasteiger partial charge on any atom is 0.360 e. The van der Waals surface area contributed by atoms with Crippen molar-refractivity contribution in [3.05, 3.63) is 36.0 Å². The van der Waals surface area contributed by atoms with Crippen LogP contribution in [0.5, 0.6) is 5.75 Å². The number of nitrogens with zero attached hydrogens (tertiary/aromatic N) is 1. The summed E-state index contributed by atoms with van der Waals surface area (Å²) >= 11 is 0. The van der Waals surface area contributed by atoms with Gasteiger partial charge in [-0.05, 0) is 37.6 Å². The zero-order valence-corrected chi connectivity index (χ0v) is 12.3. The van der Waals surface area contributed by atoms with Gasteiger partial charge in [0.25, 0.3) is 0 Å². The van der Waals surface area contributed by atoms with E-state index in [1.165, 1.54) is 0 Å². The second-order valence-corrected chi connectivity index (χ2v) is 4.52. The molecule has 0 saturated carbocycles. The molecule has 0 fully saturated rings. The highest BCUT2D eigenvalue weighted by molar-refractivity contribution is 5.88. The van der Waals surface area contributed by atoms with E-state index in [2.05, 4.69) is 12.1 Å². The molecule has 0 radical (unpaired) electrons. The lowest BCUT2D eigenvalue weighted by molar-refractivity contribution is 0.0514. The minimum Gasteiger partial charge on any atom is -0.494 e. The van der Waals surface area contributed by atoms with Crippen molar-refractivity contribution in [3.8, 4) is 17.1 Å². The predicted molar refractivity (Wildman–Crippen MR) is 78.3 cm³/mol. The molecule has 1 aromatic heterocycles. The van der Waals surface area contributed by atoms with E-state index in [0.29, 0.717) is 19.0 Å². The van der Waals surface area contributed by atoms with Gasteiger partial charge in [0.1, 0.15) is 5.75 Å². The number of carbonyl (C=O) groups excluding carboxylic acids is 1. The lowest BCUT2D eigenvalue weighted by Crippen LogP contribution is -2.04. The van der Waals surface area contributed by atoms with Gasteiger partial charge >= 0.3 is 5.97 Å². The third-order valence-electron chi connectivity index (χ3n) is 2.90. The van der Waals surface area contributed by atoms with E-state index < -0.39 is 5.97 Å². The van der Waals surface area contributed by atoms with E-state index >= 15 is 0 Å². The fourth-order valence-electron chi connectivity index (χ4n) is 1.76. The molecular weight excluding hydrogens is 270 g/mol. The van der Waals surface area contributed by atoms with Crippen molar-refractivity contribution >= 4 is 5.97 Å². The van der Waals surface area contributed by atoms with Crippen LogP contribution >= 0.6 is 0 Å². The van der Waals surface area contributed by atoms with Crippen LogP contribution < -0.4 is 4.74 Å². The van der Waals surface area contributed by atoms with Gasteiger partial charge in [-0.3, -0.25) is 0 Å². The van der Waals surface area contributed by atoms with Gasteiger partial charge in [-0.15, -0.1) is 0 Å². The third kappa shape index (κ3) is 4.08. The van der Waals surface area contributed by atoms with Crippen LogP contribution in [0.4, 0.5) is 0 Å². The molecule has 0 atom stereocenters. The van der Waals surface area contributed by atoms with Crippen LogP contribution in [0.3, 0.4) is 0 Å². The van der Waals surface area contributed by atoms with Crippen molar-refractivity contribution in [1.29, 1.82) is 0 Å². The molecule has 0 aliphatic carbocycles. The Morgan fingerprint density at radius 1 is 1.24 bits per heavy atom. The number of hydrogen-bond donors (Lipinski definition) is 0. The van der Waals surface area contributed by atoms with E-state index in [1.807, 2.05) is 24.3 Å². The number of carbonyl (C=O) groups is 1. The van der Waals surface area contributed by atoms with Gasteiger partial charge < -0.3 is 14.0 Å². The number of aromatic nitrogens is 1. The Morgan fingerprint density at radius 3 is 2.67 bits per heavy atom. The molecule has 21 heavy (non-hydrogen) atoms. The number of unbranched alkanes of at least 4 members (excludes halogenated alkanes) is 1. The summed E-state index contributed by atoms with van der Waals surface area (Å²) < 4.78 is 15.6. The zero-order valence-electron chi connectivity index (χ0n) is 12.3. The number of esters is 1. The van der Waals surface area contributed by atoms with E-state index in [0.717, 1.165) is 24.2 Å². The smallest absolute Gasteiger partial charge is 0.360 e. The van der Waals surface area contributed by atoms with Crippen molar-refractivity contribution < 1.29 is 18.8 Å². The minimum atomic E-state index is -0.480. The molecule has 0 spiro atoms. The molecule has 5 heteroatoms. The van der Waals surface area contributed by atoms with Crippen molar-refractivity contribution in [1.82, 2.24) is 5.16 Å². The molecule has 0 unspecified atom stereocenters. The van der Waals surface area contributed by atoms with Gasteiger partial charge in [-0.2, -0.15) is 0 Å². The second-order valence-electron chi connectivity index (χ2n) is 4.52. The molecule has 2 aromatic rings. The lowest BCUT2D eigenvalue weighted by atomic mass is 10.1. The lowest BCUT2D eigenvalue weighted by Gasteiger charge is -2.05. The standard InChI is InChI=1S/C16H19NO4/c1-3-5-10-20-13-8-6-12(7-9-13)15-11-14(17-21-15)16(18)19-4-2/h6-9,11H,3-5,10H2,1-2H3. The van der Waals surface area contributed by atoms with Crippen LogP contribution in [0.15, 0.2) is 34.9 Å². The Morgan fingerprint density at radius 2 is 2.00 bits per heavy atom. The monoisotopic (exact) mass is 289 g/mol. The molecule has 2 rings (SSSR count). The summed E-state index contributed by atoms with van der Waals surface area (Å²) in [6.45, 7) is 4.89. The van der Waals surface area contributed by atoms with Gasteiger partial charge in [-0.1, -0.05) is 18.5 Å². The van der Waals surface area contributed by atoms with Crippen LogP contribution in [-0.4, -0.2) is 24.3 Å². The predicted octanol–water partition coefficient (Wildman–Crippen LogP) is 3.70.